The summed E-state index contributed by atoms with van der Waals surface area (Å²) in [6.07, 6.45) is 4.67. The predicted octanol–water partition coefficient (Wildman–Crippen LogP) is 6.33. The molecule has 5 fully saturated rings. The SMILES string of the molecule is COCCN(CCOC12CC3(C)CC(C)(CC(Cn4ncc(-c5ccc(N6CCc7c(OC)ccc(C(=O)Nc8nc9ccccc9s8)c7C6)nc5C(=O)O)c4C)(C3)C1)C2)C(=O)OCc1ccc(O[C@H]2C[C@@H](O)C[C@@H](C(=O)O)O2)cc1OCCOCCNC(=O)[C@H](CS(=O)(=O)O)NC(=O)CCN1C(=O)C=CC1=O. The van der Waals surface area contributed by atoms with Gasteiger partial charge in [0.25, 0.3) is 27.8 Å². The van der Waals surface area contributed by atoms with Crippen LogP contribution in [0.4, 0.5) is 15.7 Å². The number of fused-ring (bicyclic) bond motifs is 2. The quantitative estimate of drug-likeness (QED) is 0.0132. The number of carboxylic acids is 2. The van der Waals surface area contributed by atoms with E-state index in [4.69, 9.17) is 48.0 Å². The fourth-order valence-corrected chi connectivity index (χ4v) is 18.6. The number of aliphatic hydroxyl groups is 1. The van der Waals surface area contributed by atoms with E-state index in [1.807, 2.05) is 46.8 Å². The van der Waals surface area contributed by atoms with Crippen molar-refractivity contribution in [2.24, 2.45) is 16.2 Å². The van der Waals surface area contributed by atoms with Gasteiger partial charge in [-0.3, -0.25) is 43.4 Å². The number of methoxy groups -OCH3 is 2. The number of thiazole rings is 1. The summed E-state index contributed by atoms with van der Waals surface area (Å²) in [5.41, 5.74) is 3.99. The molecule has 6 amide bonds. The molecule has 3 aliphatic heterocycles. The number of hydrogen-bond acceptors (Lipinski definition) is 24. The van der Waals surface area contributed by atoms with Crippen molar-refractivity contribution in [3.05, 3.63) is 119 Å². The van der Waals surface area contributed by atoms with Crippen molar-refractivity contribution in [1.82, 2.24) is 40.2 Å². The van der Waals surface area contributed by atoms with E-state index in [0.717, 1.165) is 82.6 Å². The fourth-order valence-electron chi connectivity index (χ4n) is 17.1. The minimum absolute atomic E-state index is 0.0365. The van der Waals surface area contributed by atoms with Crippen molar-refractivity contribution < 1.29 is 105 Å². The fraction of sp³-hybridized carbons (Fsp3) is 0.500. The van der Waals surface area contributed by atoms with Crippen LogP contribution in [-0.4, -0.2) is 221 Å². The number of carbonyl (C=O) groups is 8. The van der Waals surface area contributed by atoms with Crippen molar-refractivity contribution in [2.75, 3.05) is 95.9 Å². The number of para-hydroxylation sites is 1. The number of pyridine rings is 1. The lowest BCUT2D eigenvalue weighted by Gasteiger charge is -2.69. The zero-order valence-electron chi connectivity index (χ0n) is 60.4. The van der Waals surface area contributed by atoms with Crippen molar-refractivity contribution in [3.63, 3.8) is 0 Å². The van der Waals surface area contributed by atoms with Gasteiger partial charge in [-0.1, -0.05) is 37.3 Å². The minimum atomic E-state index is -4.78. The van der Waals surface area contributed by atoms with Crippen LogP contribution in [0.5, 0.6) is 17.2 Å². The Balaban J connectivity index is 0.676. The molecule has 6 aromatic rings. The van der Waals surface area contributed by atoms with Gasteiger partial charge in [-0.25, -0.2) is 24.4 Å². The molecule has 34 heteroatoms. The second-order valence-corrected chi connectivity index (χ2v) is 31.8. The number of carbonyl (C=O) groups excluding carboxylic acids is 6. The number of amides is 6. The molecule has 108 heavy (non-hydrogen) atoms. The monoisotopic (exact) mass is 1530 g/mol. The number of aromatic nitrogens is 4. The number of nitrogens with zero attached hydrogens (tertiary/aromatic N) is 7. The van der Waals surface area contributed by atoms with Gasteiger partial charge >= 0.3 is 18.0 Å². The maximum atomic E-state index is 14.2. The number of nitrogens with one attached hydrogen (secondary N) is 3. The average molecular weight is 1530 g/mol. The second kappa shape index (κ2) is 32.6. The number of aliphatic carboxylic acids is 1. The van der Waals surface area contributed by atoms with Gasteiger partial charge in [0.05, 0.1) is 61.7 Å². The summed E-state index contributed by atoms with van der Waals surface area (Å²) in [6.45, 7) is 7.34. The molecular formula is C74H88N10O22S2. The molecule has 32 nitrogen and oxygen atoms in total. The average Bonchev–Trinajstić information content (AvgIpc) is 1.16. The van der Waals surface area contributed by atoms with Crippen molar-refractivity contribution >= 4 is 90.2 Å². The molecule has 578 valence electrons. The van der Waals surface area contributed by atoms with Gasteiger partial charge in [-0.15, -0.1) is 0 Å². The van der Waals surface area contributed by atoms with E-state index in [-0.39, 0.29) is 125 Å². The highest BCUT2D eigenvalue weighted by atomic mass is 32.2. The van der Waals surface area contributed by atoms with Crippen LogP contribution in [0, 0.1) is 23.2 Å². The molecule has 0 spiro atoms. The highest BCUT2D eigenvalue weighted by Gasteiger charge is 2.66. The molecule has 4 saturated carbocycles. The molecule has 1 saturated heterocycles. The van der Waals surface area contributed by atoms with Crippen LogP contribution in [0.3, 0.4) is 0 Å². The maximum Gasteiger partial charge on any atom is 0.410 e. The Labute approximate surface area is 626 Å². The Morgan fingerprint density at radius 1 is 0.843 bits per heavy atom. The van der Waals surface area contributed by atoms with E-state index in [0.29, 0.717) is 58.5 Å². The van der Waals surface area contributed by atoms with E-state index in [1.165, 1.54) is 35.5 Å². The number of aliphatic hydroxyl groups excluding tert-OH is 1. The van der Waals surface area contributed by atoms with Crippen LogP contribution >= 0.6 is 11.3 Å². The number of ether oxygens (including phenoxy) is 8. The largest absolute Gasteiger partial charge is 0.496 e. The Morgan fingerprint density at radius 2 is 1.60 bits per heavy atom. The zero-order valence-corrected chi connectivity index (χ0v) is 62.1. The first-order valence-corrected chi connectivity index (χ1v) is 38.0. The van der Waals surface area contributed by atoms with Crippen LogP contribution in [0.1, 0.15) is 115 Å². The molecule has 4 bridgehead atoms. The molecule has 6 heterocycles. The number of carboxylic acid groups (broad SMARTS) is 2. The van der Waals surface area contributed by atoms with Gasteiger partial charge in [0, 0.05) is 124 Å². The number of benzene rings is 3. The first-order chi connectivity index (χ1) is 51.5. The summed E-state index contributed by atoms with van der Waals surface area (Å²) in [5, 5.41) is 44.0. The van der Waals surface area contributed by atoms with Crippen molar-refractivity contribution in [3.8, 4) is 28.4 Å². The lowest BCUT2D eigenvalue weighted by Crippen LogP contribution is -2.64. The van der Waals surface area contributed by atoms with E-state index in [2.05, 4.69) is 34.8 Å². The smallest absolute Gasteiger partial charge is 0.410 e. The van der Waals surface area contributed by atoms with Crippen LogP contribution < -0.4 is 35.1 Å². The van der Waals surface area contributed by atoms with Crippen molar-refractivity contribution in [1.29, 1.82) is 0 Å². The van der Waals surface area contributed by atoms with Crippen LogP contribution in [-0.2, 0) is 83.9 Å². The standard InChI is InChI=1S/C74H88N10O22S2/c1-44-51(49-13-15-59(79-64(49)68(93)94)82-21-18-48-52(34-82)50(12-14-55(48)100-5)65(89)80-69-78-53-8-6-7-9-58(53)107-69)33-76-84(44)43-73-38-71(2)37-72(3,39-73)41-74(40-71,42-73)104-27-24-81(23-26-99-4)70(95)103-35-45-10-11-47(105-63-31-46(85)30-57(106-63)67(91)92)32-56(45)102-29-28-101-25-20-75-66(90)54(36-108(96,97)98)77-60(86)19-22-83-61(87)16-17-62(83)88/h6-17,32-33,46,54,57,63,85H,18-31,34-43H2,1-5H3,(H,75,90)(H,77,86)(H,91,92)(H,93,94)(H,78,80,89)(H,96,97,98)/t46-,54-,57-,63+,71?,72?,73?,74?/m0/s1. The van der Waals surface area contributed by atoms with Gasteiger partial charge in [0.15, 0.2) is 16.9 Å². The molecule has 7 N–H and O–H groups in total. The van der Waals surface area contributed by atoms with Gasteiger partial charge in [0.2, 0.25) is 18.1 Å². The highest BCUT2D eigenvalue weighted by molar-refractivity contribution is 7.85. The lowest BCUT2D eigenvalue weighted by molar-refractivity contribution is -0.248. The van der Waals surface area contributed by atoms with Crippen molar-refractivity contribution in [2.45, 2.75) is 135 Å². The number of anilines is 2. The van der Waals surface area contributed by atoms with E-state index >= 15 is 0 Å². The Morgan fingerprint density at radius 3 is 2.32 bits per heavy atom. The summed E-state index contributed by atoms with van der Waals surface area (Å²) in [4.78, 5) is 117. The Kier molecular flexibility index (Phi) is 23.5. The summed E-state index contributed by atoms with van der Waals surface area (Å²) >= 11 is 1.38. The third-order valence-corrected chi connectivity index (χ3v) is 22.3. The van der Waals surface area contributed by atoms with Crippen LogP contribution in [0.25, 0.3) is 21.3 Å². The first-order valence-electron chi connectivity index (χ1n) is 35.6. The van der Waals surface area contributed by atoms with Crippen LogP contribution in [0.15, 0.2) is 85.1 Å². The molecule has 4 aliphatic carbocycles. The maximum absolute atomic E-state index is 14.2. The van der Waals surface area contributed by atoms with E-state index < -0.39 is 94.1 Å². The van der Waals surface area contributed by atoms with Gasteiger partial charge in [0.1, 0.15) is 48.1 Å². The molecule has 6 atom stereocenters. The Hall–Kier alpha value is -9.68. The lowest BCUT2D eigenvalue weighted by atomic mass is 9.39. The number of imide groups is 1. The third kappa shape index (κ3) is 18.4. The predicted molar refractivity (Wildman–Crippen MR) is 388 cm³/mol. The normalized spacial score (nSPS) is 23.1. The number of aromatic carboxylic acids is 1. The van der Waals surface area contributed by atoms with Crippen LogP contribution in [0.2, 0.25) is 0 Å². The molecule has 2 unspecified atom stereocenters. The summed E-state index contributed by atoms with van der Waals surface area (Å²) in [6, 6.07) is 17.6. The van der Waals surface area contributed by atoms with Gasteiger partial charge in [-0.05, 0) is 122 Å². The number of rotatable bonds is 34. The molecule has 13 rings (SSSR count). The third-order valence-electron chi connectivity index (χ3n) is 20.6. The second-order valence-electron chi connectivity index (χ2n) is 29.2. The highest BCUT2D eigenvalue weighted by Crippen LogP contribution is 2.72. The number of hydrogen-bond donors (Lipinski definition) is 7. The zero-order chi connectivity index (χ0) is 76.9. The first kappa shape index (κ1) is 77.9. The minimum Gasteiger partial charge on any atom is -0.496 e. The Bertz CT molecular complexity index is 4510. The molecular weight excluding hydrogens is 1440 g/mol. The summed E-state index contributed by atoms with van der Waals surface area (Å²) in [7, 11) is -1.67. The van der Waals surface area contributed by atoms with Gasteiger partial charge in [-0.2, -0.15) is 13.5 Å². The van der Waals surface area contributed by atoms with E-state index in [1.54, 1.807) is 37.6 Å². The summed E-state index contributed by atoms with van der Waals surface area (Å²) < 4.78 is 83.7. The molecule has 3 aromatic heterocycles. The summed E-state index contributed by atoms with van der Waals surface area (Å²) in [5.74, 6) is -5.70. The van der Waals surface area contributed by atoms with Gasteiger partial charge < -0.3 is 73.6 Å². The van der Waals surface area contributed by atoms with E-state index in [9.17, 15) is 66.6 Å². The topological polar surface area (TPSA) is 415 Å². The molecule has 7 aliphatic rings. The molecule has 0 radical (unpaired) electrons. The molecule has 3 aromatic carbocycles.